The second-order valence-corrected chi connectivity index (χ2v) is 9.82. The largest absolute Gasteiger partial charge is 0.403 e. The summed E-state index contributed by atoms with van der Waals surface area (Å²) in [6.07, 6.45) is 4.79. The number of amides is 1. The number of aromatic nitrogens is 5. The number of nitrogens with zero attached hydrogens (tertiary/aromatic N) is 6. The molecule has 1 aliphatic carbocycles. The Morgan fingerprint density at radius 2 is 1.95 bits per heavy atom. The van der Waals surface area contributed by atoms with Crippen LogP contribution in [0, 0.1) is 11.6 Å². The van der Waals surface area contributed by atoms with Gasteiger partial charge in [-0.05, 0) is 30.4 Å². The fourth-order valence-corrected chi connectivity index (χ4v) is 4.63. The predicted molar refractivity (Wildman–Crippen MR) is 136 cm³/mol. The van der Waals surface area contributed by atoms with Gasteiger partial charge in [-0.1, -0.05) is 18.9 Å². The highest BCUT2D eigenvalue weighted by molar-refractivity contribution is 5.96. The van der Waals surface area contributed by atoms with Gasteiger partial charge in [-0.15, -0.1) is 5.10 Å². The van der Waals surface area contributed by atoms with Gasteiger partial charge in [0.25, 0.3) is 11.8 Å². The molecule has 1 aromatic carbocycles. The highest BCUT2D eigenvalue weighted by Crippen LogP contribution is 2.37. The third-order valence-corrected chi connectivity index (χ3v) is 6.69. The summed E-state index contributed by atoms with van der Waals surface area (Å²) in [5.41, 5.74) is 1.76. The van der Waals surface area contributed by atoms with E-state index in [-0.39, 0.29) is 29.0 Å². The van der Waals surface area contributed by atoms with Crippen molar-refractivity contribution >= 4 is 28.9 Å². The number of anilines is 3. The van der Waals surface area contributed by atoms with Crippen LogP contribution in [-0.2, 0) is 0 Å². The average molecular weight is 524 g/mol. The molecule has 3 aromatic heterocycles. The molecule has 11 nitrogen and oxygen atoms in total. The number of hydrogen-bond donors (Lipinski definition) is 3. The average Bonchev–Trinajstić information content (AvgIpc) is 3.42. The molecule has 3 N–H and O–H groups in total. The quantitative estimate of drug-likeness (QED) is 0.335. The Balaban J connectivity index is 1.38. The van der Waals surface area contributed by atoms with E-state index in [9.17, 15) is 13.6 Å². The molecule has 2 fully saturated rings. The molecule has 13 heteroatoms. The first-order chi connectivity index (χ1) is 18.4. The van der Waals surface area contributed by atoms with Gasteiger partial charge in [0.2, 0.25) is 0 Å². The van der Waals surface area contributed by atoms with Crippen LogP contribution in [0.15, 0.2) is 29.1 Å². The van der Waals surface area contributed by atoms with E-state index in [1.807, 2.05) is 18.7 Å². The summed E-state index contributed by atoms with van der Waals surface area (Å²) in [6, 6.07) is 2.35. The minimum absolute atomic E-state index is 0.0194. The number of fused-ring (bicyclic) bond motifs is 1. The number of rotatable bonds is 7. The number of benzene rings is 1. The van der Waals surface area contributed by atoms with E-state index < -0.39 is 17.5 Å². The molecular weight excluding hydrogens is 496 g/mol. The maximum Gasteiger partial charge on any atom is 0.318 e. The van der Waals surface area contributed by atoms with Crippen molar-refractivity contribution in [3.63, 3.8) is 0 Å². The van der Waals surface area contributed by atoms with Crippen molar-refractivity contribution < 1.29 is 18.0 Å². The lowest BCUT2D eigenvalue weighted by molar-refractivity contribution is 0.0947. The summed E-state index contributed by atoms with van der Waals surface area (Å²) in [5.74, 6) is -1.75. The topological polar surface area (TPSA) is 126 Å². The van der Waals surface area contributed by atoms with E-state index in [0.717, 1.165) is 50.7 Å². The highest BCUT2D eigenvalue weighted by Gasteiger charge is 2.27. The van der Waals surface area contributed by atoms with E-state index in [1.54, 1.807) is 10.7 Å². The van der Waals surface area contributed by atoms with Crippen molar-refractivity contribution in [2.24, 2.45) is 0 Å². The fraction of sp³-hybridized carbons (Fsp3) is 0.400. The van der Waals surface area contributed by atoms with Gasteiger partial charge in [0.05, 0.1) is 16.8 Å². The van der Waals surface area contributed by atoms with Crippen LogP contribution in [0.5, 0.6) is 0 Å². The van der Waals surface area contributed by atoms with Crippen molar-refractivity contribution in [3.05, 3.63) is 47.4 Å². The van der Waals surface area contributed by atoms with Crippen LogP contribution in [0.3, 0.4) is 0 Å². The molecule has 1 amide bonds. The molecule has 0 bridgehead atoms. The minimum Gasteiger partial charge on any atom is -0.403 e. The number of carbonyl (C=O) groups excluding carboxylic acids is 1. The third kappa shape index (κ3) is 4.53. The van der Waals surface area contributed by atoms with Gasteiger partial charge in [0.1, 0.15) is 23.5 Å². The van der Waals surface area contributed by atoms with Crippen LogP contribution in [0.1, 0.15) is 48.5 Å². The lowest BCUT2D eigenvalue weighted by Crippen LogP contribution is -2.43. The zero-order valence-corrected chi connectivity index (χ0v) is 21.0. The molecule has 0 radical (unpaired) electrons. The Kier molecular flexibility index (Phi) is 6.14. The van der Waals surface area contributed by atoms with Crippen molar-refractivity contribution in [3.8, 4) is 11.5 Å². The Morgan fingerprint density at radius 1 is 1.16 bits per heavy atom. The summed E-state index contributed by atoms with van der Waals surface area (Å²) < 4.78 is 36.9. The van der Waals surface area contributed by atoms with Crippen LogP contribution < -0.4 is 20.9 Å². The van der Waals surface area contributed by atoms with Crippen LogP contribution in [0.2, 0.25) is 0 Å². The lowest BCUT2D eigenvalue weighted by Gasteiger charge is -2.24. The van der Waals surface area contributed by atoms with Gasteiger partial charge >= 0.3 is 6.01 Å². The number of piperazine rings is 1. The predicted octanol–water partition coefficient (Wildman–Crippen LogP) is 3.23. The van der Waals surface area contributed by atoms with E-state index in [1.165, 1.54) is 6.33 Å². The van der Waals surface area contributed by atoms with Gasteiger partial charge in [0.15, 0.2) is 5.82 Å². The first-order valence-electron chi connectivity index (χ1n) is 12.6. The van der Waals surface area contributed by atoms with E-state index in [4.69, 9.17) is 4.42 Å². The minimum atomic E-state index is -0.927. The Hall–Kier alpha value is -4.13. The Bertz CT molecular complexity index is 1510. The van der Waals surface area contributed by atoms with E-state index in [2.05, 4.69) is 36.2 Å². The molecule has 1 saturated heterocycles. The highest BCUT2D eigenvalue weighted by atomic mass is 19.1. The number of halogens is 2. The zero-order chi connectivity index (χ0) is 26.4. The first-order valence-corrected chi connectivity index (χ1v) is 12.6. The molecule has 4 aromatic rings. The summed E-state index contributed by atoms with van der Waals surface area (Å²) >= 11 is 0. The van der Waals surface area contributed by atoms with Gasteiger partial charge < -0.3 is 25.3 Å². The van der Waals surface area contributed by atoms with E-state index in [0.29, 0.717) is 29.1 Å². The van der Waals surface area contributed by atoms with Crippen molar-refractivity contribution in [2.45, 2.75) is 38.6 Å². The zero-order valence-electron chi connectivity index (χ0n) is 21.0. The molecule has 0 spiro atoms. The second kappa shape index (κ2) is 9.63. The summed E-state index contributed by atoms with van der Waals surface area (Å²) in [6.45, 7) is 7.20. The molecule has 0 unspecified atom stereocenters. The van der Waals surface area contributed by atoms with Crippen molar-refractivity contribution in [1.82, 2.24) is 35.4 Å². The summed E-state index contributed by atoms with van der Waals surface area (Å²) in [5, 5.41) is 21.8. The van der Waals surface area contributed by atoms with Gasteiger partial charge in [-0.3, -0.25) is 4.79 Å². The van der Waals surface area contributed by atoms with Gasteiger partial charge in [0, 0.05) is 44.5 Å². The van der Waals surface area contributed by atoms with Gasteiger partial charge in [-0.25, -0.2) is 18.3 Å². The smallest absolute Gasteiger partial charge is 0.318 e. The molecule has 1 saturated carbocycles. The van der Waals surface area contributed by atoms with Crippen molar-refractivity contribution in [1.29, 1.82) is 0 Å². The normalized spacial score (nSPS) is 15.9. The summed E-state index contributed by atoms with van der Waals surface area (Å²) in [7, 11) is 0. The SMILES string of the molecule is CC(C)c1c(-c2nnc(N3CCNCC3)o2)cn2ncnc(Nc3cc(C(=O)NC4CC4)c(F)cc3F)c12. The molecule has 38 heavy (non-hydrogen) atoms. The van der Waals surface area contributed by atoms with Crippen LogP contribution in [0.4, 0.5) is 26.3 Å². The molecule has 2 aliphatic rings. The fourth-order valence-electron chi connectivity index (χ4n) is 4.63. The molecular formula is C25H27F2N9O2. The first kappa shape index (κ1) is 24.2. The maximum absolute atomic E-state index is 14.8. The number of hydrogen-bond acceptors (Lipinski definition) is 9. The van der Waals surface area contributed by atoms with Crippen LogP contribution >= 0.6 is 0 Å². The molecule has 4 heterocycles. The van der Waals surface area contributed by atoms with Gasteiger partial charge in [-0.2, -0.15) is 5.10 Å². The van der Waals surface area contributed by atoms with E-state index >= 15 is 0 Å². The second-order valence-electron chi connectivity index (χ2n) is 9.82. The molecule has 6 rings (SSSR count). The molecule has 198 valence electrons. The summed E-state index contributed by atoms with van der Waals surface area (Å²) in [4.78, 5) is 18.9. The monoisotopic (exact) mass is 523 g/mol. The lowest BCUT2D eigenvalue weighted by atomic mass is 10.00. The number of nitrogens with one attached hydrogen (secondary N) is 3. The maximum atomic E-state index is 14.8. The number of carbonyl (C=O) groups is 1. The third-order valence-electron chi connectivity index (χ3n) is 6.69. The van der Waals surface area contributed by atoms with Crippen LogP contribution in [0.25, 0.3) is 17.0 Å². The van der Waals surface area contributed by atoms with Crippen LogP contribution in [-0.4, -0.2) is 62.9 Å². The van der Waals surface area contributed by atoms with Crippen molar-refractivity contribution in [2.75, 3.05) is 36.4 Å². The standard InChI is InChI=1S/C25H27F2N9O2/c1-13(2)20-16(24-33-34-25(38-24)35-7-5-28-6-8-35)11-36-21(20)22(29-12-30-36)32-19-9-15(17(26)10-18(19)27)23(37)31-14-3-4-14/h9-14,28H,3-8H2,1-2H3,(H,31,37)(H,29,30,32). The Labute approximate surface area is 216 Å². The molecule has 1 aliphatic heterocycles. The molecule has 0 atom stereocenters. The Morgan fingerprint density at radius 3 is 2.68 bits per heavy atom.